The molecular formula is C14H17N2P. The van der Waals surface area contributed by atoms with Crippen molar-refractivity contribution in [2.45, 2.75) is 0 Å². The van der Waals surface area contributed by atoms with E-state index in [2.05, 4.69) is 34.9 Å². The van der Waals surface area contributed by atoms with E-state index in [0.717, 1.165) is 21.2 Å². The Labute approximate surface area is 104 Å². The molecule has 2 aromatic rings. The van der Waals surface area contributed by atoms with Crippen LogP contribution in [0.15, 0.2) is 60.7 Å². The summed E-state index contributed by atoms with van der Waals surface area (Å²) in [6.45, 7) is 0. The van der Waals surface area contributed by atoms with Crippen LogP contribution in [0.5, 0.6) is 0 Å². The van der Waals surface area contributed by atoms with Crippen molar-refractivity contribution in [1.29, 1.82) is 0 Å². The number of rotatable bonds is 6. The van der Waals surface area contributed by atoms with E-state index in [1.807, 2.05) is 36.4 Å². The Hall–Kier alpha value is -1.53. The lowest BCUT2D eigenvalue weighted by Crippen LogP contribution is -2.01. The van der Waals surface area contributed by atoms with Gasteiger partial charge in [0.15, 0.2) is 0 Å². The van der Waals surface area contributed by atoms with Crippen LogP contribution in [0.2, 0.25) is 0 Å². The molecule has 0 aromatic heterocycles. The fraction of sp³-hybridized carbons (Fsp3) is 0.143. The van der Waals surface area contributed by atoms with Gasteiger partial charge in [0.2, 0.25) is 0 Å². The van der Waals surface area contributed by atoms with Gasteiger partial charge in [-0.05, 0) is 24.3 Å². The molecule has 0 unspecified atom stereocenters. The second-order valence-corrected chi connectivity index (χ2v) is 4.90. The van der Waals surface area contributed by atoms with Crippen LogP contribution >= 0.6 is 8.58 Å². The van der Waals surface area contributed by atoms with Gasteiger partial charge >= 0.3 is 0 Å². The minimum absolute atomic E-state index is 0.861. The normalized spacial score (nSPS) is 9.88. The second-order valence-electron chi connectivity index (χ2n) is 3.69. The number of nitrogens with one attached hydrogen (secondary N) is 2. The lowest BCUT2D eigenvalue weighted by molar-refractivity contribution is 1.41. The smallest absolute Gasteiger partial charge is 0.0342 e. The molecule has 2 rings (SSSR count). The maximum Gasteiger partial charge on any atom is 0.0342 e. The summed E-state index contributed by atoms with van der Waals surface area (Å²) in [5.41, 5.74) is 2.39. The Bertz CT molecular complexity index is 375. The molecule has 2 N–H and O–H groups in total. The topological polar surface area (TPSA) is 24.1 Å². The van der Waals surface area contributed by atoms with Gasteiger partial charge in [-0.25, -0.2) is 0 Å². The van der Waals surface area contributed by atoms with Crippen LogP contribution in [-0.2, 0) is 0 Å². The highest BCUT2D eigenvalue weighted by atomic mass is 31.1. The first-order valence-corrected chi connectivity index (χ1v) is 7.15. The molecule has 0 saturated carbocycles. The third-order valence-corrected chi connectivity index (χ3v) is 3.24. The Balaban J connectivity index is 1.61. The molecule has 0 radical (unpaired) electrons. The summed E-state index contributed by atoms with van der Waals surface area (Å²) < 4.78 is 0. The van der Waals surface area contributed by atoms with Crippen molar-refractivity contribution < 1.29 is 0 Å². The molecule has 0 spiro atoms. The van der Waals surface area contributed by atoms with Crippen LogP contribution in [0.1, 0.15) is 0 Å². The van der Waals surface area contributed by atoms with Gasteiger partial charge in [0.1, 0.15) is 0 Å². The molecule has 0 heterocycles. The van der Waals surface area contributed by atoms with Crippen LogP contribution in [0.4, 0.5) is 11.4 Å². The summed E-state index contributed by atoms with van der Waals surface area (Å²) in [4.78, 5) is 0. The zero-order valence-electron chi connectivity index (χ0n) is 9.69. The summed E-state index contributed by atoms with van der Waals surface area (Å²) in [5.74, 6) is 0. The van der Waals surface area contributed by atoms with Gasteiger partial charge in [0.25, 0.3) is 0 Å². The number of hydrogen-bond acceptors (Lipinski definition) is 2. The van der Waals surface area contributed by atoms with Gasteiger partial charge in [-0.1, -0.05) is 45.0 Å². The molecule has 17 heavy (non-hydrogen) atoms. The molecule has 0 atom stereocenters. The number of benzene rings is 2. The van der Waals surface area contributed by atoms with E-state index >= 15 is 0 Å². The van der Waals surface area contributed by atoms with Crippen molar-refractivity contribution >= 4 is 20.0 Å². The highest BCUT2D eigenvalue weighted by molar-refractivity contribution is 7.38. The fourth-order valence-corrected chi connectivity index (χ4v) is 2.29. The van der Waals surface area contributed by atoms with E-state index in [1.54, 1.807) is 0 Å². The highest BCUT2D eigenvalue weighted by Gasteiger charge is 1.90. The third-order valence-electron chi connectivity index (χ3n) is 2.38. The van der Waals surface area contributed by atoms with Crippen LogP contribution in [0, 0.1) is 0 Å². The van der Waals surface area contributed by atoms with E-state index in [0.29, 0.717) is 0 Å². The summed E-state index contributed by atoms with van der Waals surface area (Å²) >= 11 is 0. The molecule has 2 nitrogen and oxygen atoms in total. The lowest BCUT2D eigenvalue weighted by atomic mass is 10.3. The van der Waals surface area contributed by atoms with Gasteiger partial charge in [0, 0.05) is 23.9 Å². The van der Waals surface area contributed by atoms with E-state index in [-0.39, 0.29) is 0 Å². The maximum atomic E-state index is 3.40. The maximum absolute atomic E-state index is 3.40. The van der Waals surface area contributed by atoms with Gasteiger partial charge in [-0.3, -0.25) is 0 Å². The second kappa shape index (κ2) is 6.93. The number of anilines is 2. The van der Waals surface area contributed by atoms with Crippen LogP contribution in [-0.4, -0.2) is 12.6 Å². The standard InChI is InChI=1S/C14H17N2P/c1-3-7-13(8-4-1)15-11-17-12-16-14-9-5-2-6-10-14/h1-10,15-17H,11-12H2. The van der Waals surface area contributed by atoms with Crippen LogP contribution in [0.25, 0.3) is 0 Å². The molecule has 0 aliphatic carbocycles. The Morgan fingerprint density at radius 1 is 0.647 bits per heavy atom. The molecule has 0 bridgehead atoms. The largest absolute Gasteiger partial charge is 0.381 e. The van der Waals surface area contributed by atoms with Crippen molar-refractivity contribution in [1.82, 2.24) is 0 Å². The zero-order chi connectivity index (χ0) is 11.8. The minimum Gasteiger partial charge on any atom is -0.381 e. The van der Waals surface area contributed by atoms with E-state index in [1.165, 1.54) is 11.4 Å². The van der Waals surface area contributed by atoms with Gasteiger partial charge in [-0.15, -0.1) is 0 Å². The highest BCUT2D eigenvalue weighted by Crippen LogP contribution is 2.14. The van der Waals surface area contributed by atoms with Crippen LogP contribution in [0.3, 0.4) is 0 Å². The zero-order valence-corrected chi connectivity index (χ0v) is 10.7. The first-order chi connectivity index (χ1) is 8.45. The molecule has 0 aliphatic heterocycles. The number of hydrogen-bond donors (Lipinski definition) is 2. The first-order valence-electron chi connectivity index (χ1n) is 5.74. The molecule has 0 amide bonds. The minimum atomic E-state index is 0.861. The SMILES string of the molecule is c1ccc(NCPCNc2ccccc2)cc1. The van der Waals surface area contributed by atoms with Gasteiger partial charge in [0.05, 0.1) is 0 Å². The van der Waals surface area contributed by atoms with Crippen molar-refractivity contribution in [2.24, 2.45) is 0 Å². The molecule has 3 heteroatoms. The average Bonchev–Trinajstić information content (AvgIpc) is 2.41. The third kappa shape index (κ3) is 4.46. The lowest BCUT2D eigenvalue weighted by Gasteiger charge is -2.08. The van der Waals surface area contributed by atoms with Crippen molar-refractivity contribution in [2.75, 3.05) is 23.2 Å². The quantitative estimate of drug-likeness (QED) is 0.596. The summed E-state index contributed by atoms with van der Waals surface area (Å²) in [6.07, 6.45) is 2.04. The van der Waals surface area contributed by atoms with E-state index < -0.39 is 0 Å². The van der Waals surface area contributed by atoms with Crippen molar-refractivity contribution in [3.05, 3.63) is 60.7 Å². The van der Waals surface area contributed by atoms with E-state index in [9.17, 15) is 0 Å². The average molecular weight is 244 g/mol. The summed E-state index contributed by atoms with van der Waals surface area (Å²) in [7, 11) is 0.861. The van der Waals surface area contributed by atoms with Gasteiger partial charge in [-0.2, -0.15) is 0 Å². The Kier molecular flexibility index (Phi) is 4.86. The van der Waals surface area contributed by atoms with Crippen molar-refractivity contribution in [3.8, 4) is 0 Å². The fourth-order valence-electron chi connectivity index (χ4n) is 1.50. The molecule has 0 fully saturated rings. The van der Waals surface area contributed by atoms with Crippen molar-refractivity contribution in [3.63, 3.8) is 0 Å². The summed E-state index contributed by atoms with van der Waals surface area (Å²) in [6, 6.07) is 20.6. The molecule has 2 aromatic carbocycles. The molecule has 0 saturated heterocycles. The monoisotopic (exact) mass is 244 g/mol. The van der Waals surface area contributed by atoms with Gasteiger partial charge < -0.3 is 10.6 Å². The van der Waals surface area contributed by atoms with Crippen LogP contribution < -0.4 is 10.6 Å². The number of para-hydroxylation sites is 2. The predicted molar refractivity (Wildman–Crippen MR) is 78.2 cm³/mol. The molecule has 0 aliphatic rings. The molecule has 88 valence electrons. The summed E-state index contributed by atoms with van der Waals surface area (Å²) in [5, 5.41) is 6.81. The predicted octanol–water partition coefficient (Wildman–Crippen LogP) is 3.80. The Morgan fingerprint density at radius 2 is 1.06 bits per heavy atom. The molecular weight excluding hydrogens is 227 g/mol. The first kappa shape index (κ1) is 11.9. The Morgan fingerprint density at radius 3 is 1.47 bits per heavy atom. The van der Waals surface area contributed by atoms with E-state index in [4.69, 9.17) is 0 Å².